The molecule has 3 aromatic rings. The minimum atomic E-state index is -4.05. The zero-order chi connectivity index (χ0) is 20.1. The second-order valence-electron chi connectivity index (χ2n) is 5.35. The lowest BCUT2D eigenvalue weighted by Gasteiger charge is -2.09. The summed E-state index contributed by atoms with van der Waals surface area (Å²) in [7, 11) is -4.05. The van der Waals surface area contributed by atoms with Crippen LogP contribution in [0, 0.1) is 10.1 Å². The Balaban J connectivity index is 1.57. The van der Waals surface area contributed by atoms with E-state index in [-0.39, 0.29) is 34.6 Å². The molecule has 0 spiro atoms. The molecule has 0 atom stereocenters. The van der Waals surface area contributed by atoms with Gasteiger partial charge in [0.1, 0.15) is 17.2 Å². The van der Waals surface area contributed by atoms with Crippen LogP contribution in [0.4, 0.5) is 5.69 Å². The van der Waals surface area contributed by atoms with Crippen LogP contribution in [0.3, 0.4) is 0 Å². The van der Waals surface area contributed by atoms with Gasteiger partial charge in [-0.3, -0.25) is 10.1 Å². The van der Waals surface area contributed by atoms with Gasteiger partial charge in [-0.05, 0) is 24.3 Å². The van der Waals surface area contributed by atoms with Crippen molar-refractivity contribution in [1.82, 2.24) is 14.9 Å². The molecule has 1 aromatic carbocycles. The van der Waals surface area contributed by atoms with E-state index < -0.39 is 14.9 Å². The van der Waals surface area contributed by atoms with E-state index >= 15 is 0 Å². The van der Waals surface area contributed by atoms with Crippen LogP contribution in [0.2, 0.25) is 5.02 Å². The first-order chi connectivity index (χ1) is 13.4. The van der Waals surface area contributed by atoms with Crippen molar-refractivity contribution < 1.29 is 22.5 Å². The van der Waals surface area contributed by atoms with E-state index in [1.807, 2.05) is 0 Å². The van der Waals surface area contributed by atoms with E-state index in [0.717, 1.165) is 18.2 Å². The van der Waals surface area contributed by atoms with Crippen LogP contribution in [0.5, 0.6) is 5.88 Å². The van der Waals surface area contributed by atoms with Crippen LogP contribution in [0.15, 0.2) is 58.0 Å². The van der Waals surface area contributed by atoms with Crippen LogP contribution >= 0.6 is 11.6 Å². The maximum Gasteiger partial charge on any atom is 0.270 e. The SMILES string of the molecule is O=[N+]([O-])c1ccc(Cl)c(S(=O)(=O)NCCOc2ccc(-c3ccco3)nn2)c1. The van der Waals surface area contributed by atoms with Crippen molar-refractivity contribution in [1.29, 1.82) is 0 Å². The van der Waals surface area contributed by atoms with Crippen molar-refractivity contribution in [3.63, 3.8) is 0 Å². The standard InChI is InChI=1S/C16H13ClN4O6S/c17-12-4-3-11(21(22)23)10-15(12)28(24,25)18-7-9-27-16-6-5-13(19-20-16)14-2-1-8-26-14/h1-6,8,10,18H,7,9H2. The molecule has 0 radical (unpaired) electrons. The maximum absolute atomic E-state index is 12.3. The number of nitro benzene ring substituents is 1. The highest BCUT2D eigenvalue weighted by Gasteiger charge is 2.21. The van der Waals surface area contributed by atoms with Crippen molar-refractivity contribution in [2.45, 2.75) is 4.90 Å². The third-order valence-corrected chi connectivity index (χ3v) is 5.42. The highest BCUT2D eigenvalue weighted by Crippen LogP contribution is 2.26. The molecular weight excluding hydrogens is 412 g/mol. The van der Waals surface area contributed by atoms with Crippen molar-refractivity contribution in [2.75, 3.05) is 13.2 Å². The molecule has 0 amide bonds. The number of hydrogen-bond acceptors (Lipinski definition) is 8. The molecule has 0 saturated heterocycles. The molecular formula is C16H13ClN4O6S. The number of non-ortho nitro benzene ring substituents is 1. The minimum Gasteiger partial charge on any atom is -0.475 e. The molecule has 146 valence electrons. The van der Waals surface area contributed by atoms with Gasteiger partial charge < -0.3 is 9.15 Å². The number of ether oxygens (including phenoxy) is 1. The van der Waals surface area contributed by atoms with Gasteiger partial charge >= 0.3 is 0 Å². The predicted octanol–water partition coefficient (Wildman–Crippen LogP) is 2.66. The lowest BCUT2D eigenvalue weighted by Crippen LogP contribution is -2.28. The zero-order valence-electron chi connectivity index (χ0n) is 14.1. The smallest absolute Gasteiger partial charge is 0.270 e. The lowest BCUT2D eigenvalue weighted by molar-refractivity contribution is -0.385. The maximum atomic E-state index is 12.3. The van der Waals surface area contributed by atoms with Crippen LogP contribution < -0.4 is 9.46 Å². The molecule has 0 aliphatic carbocycles. The molecule has 0 saturated carbocycles. The van der Waals surface area contributed by atoms with Crippen molar-refractivity contribution in [3.8, 4) is 17.3 Å². The summed E-state index contributed by atoms with van der Waals surface area (Å²) in [6, 6.07) is 9.84. The Hall–Kier alpha value is -3.02. The Morgan fingerprint density at radius 1 is 1.21 bits per heavy atom. The van der Waals surface area contributed by atoms with Gasteiger partial charge in [0.2, 0.25) is 15.9 Å². The quantitative estimate of drug-likeness (QED) is 0.331. The van der Waals surface area contributed by atoms with Gasteiger partial charge in [-0.2, -0.15) is 0 Å². The second kappa shape index (κ2) is 8.33. The van der Waals surface area contributed by atoms with Crippen LogP contribution in [-0.4, -0.2) is 36.7 Å². The molecule has 12 heteroatoms. The largest absolute Gasteiger partial charge is 0.475 e. The first kappa shape index (κ1) is 19.7. The minimum absolute atomic E-state index is 0.0411. The van der Waals surface area contributed by atoms with Crippen LogP contribution in [-0.2, 0) is 10.0 Å². The number of rotatable bonds is 8. The fourth-order valence-corrected chi connectivity index (χ4v) is 3.70. The van der Waals surface area contributed by atoms with Gasteiger partial charge in [-0.15, -0.1) is 10.2 Å². The number of nitrogens with one attached hydrogen (secondary N) is 1. The number of nitro groups is 1. The van der Waals surface area contributed by atoms with E-state index in [0.29, 0.717) is 11.5 Å². The molecule has 0 fully saturated rings. The summed E-state index contributed by atoms with van der Waals surface area (Å²) < 4.78 is 37.4. The monoisotopic (exact) mass is 424 g/mol. The fraction of sp³-hybridized carbons (Fsp3) is 0.125. The molecule has 28 heavy (non-hydrogen) atoms. The van der Waals surface area contributed by atoms with E-state index in [1.54, 1.807) is 24.3 Å². The Kier molecular flexibility index (Phi) is 5.87. The first-order valence-corrected chi connectivity index (χ1v) is 9.67. The molecule has 2 aromatic heterocycles. The molecule has 3 rings (SSSR count). The molecule has 0 aliphatic heterocycles. The zero-order valence-corrected chi connectivity index (χ0v) is 15.7. The molecule has 1 N–H and O–H groups in total. The van der Waals surface area contributed by atoms with E-state index in [9.17, 15) is 18.5 Å². The lowest BCUT2D eigenvalue weighted by atomic mass is 10.3. The number of nitrogens with zero attached hydrogens (tertiary/aromatic N) is 3. The van der Waals surface area contributed by atoms with E-state index in [2.05, 4.69) is 14.9 Å². The molecule has 0 bridgehead atoms. The van der Waals surface area contributed by atoms with Gasteiger partial charge in [-0.25, -0.2) is 13.1 Å². The van der Waals surface area contributed by atoms with Crippen LogP contribution in [0.25, 0.3) is 11.5 Å². The van der Waals surface area contributed by atoms with Crippen molar-refractivity contribution in [3.05, 3.63) is 63.9 Å². The number of halogens is 1. The summed E-state index contributed by atoms with van der Waals surface area (Å²) in [5.41, 5.74) is 0.145. The summed E-state index contributed by atoms with van der Waals surface area (Å²) >= 11 is 5.85. The van der Waals surface area contributed by atoms with Gasteiger partial charge in [-0.1, -0.05) is 11.6 Å². The third kappa shape index (κ3) is 4.63. The first-order valence-electron chi connectivity index (χ1n) is 7.81. The average Bonchev–Trinajstić information content (AvgIpc) is 3.20. The van der Waals surface area contributed by atoms with Gasteiger partial charge in [0.25, 0.3) is 5.69 Å². The predicted molar refractivity (Wildman–Crippen MR) is 98.5 cm³/mol. The van der Waals surface area contributed by atoms with Gasteiger partial charge in [0.05, 0.1) is 16.2 Å². The summed E-state index contributed by atoms with van der Waals surface area (Å²) in [6.45, 7) is -0.149. The van der Waals surface area contributed by atoms with E-state index in [1.165, 1.54) is 6.26 Å². The summed E-state index contributed by atoms with van der Waals surface area (Å²) in [5.74, 6) is 0.753. The van der Waals surface area contributed by atoms with Crippen molar-refractivity contribution in [2.24, 2.45) is 0 Å². The van der Waals surface area contributed by atoms with Crippen LogP contribution in [0.1, 0.15) is 0 Å². The Bertz CT molecular complexity index is 1070. The summed E-state index contributed by atoms with van der Waals surface area (Å²) in [5, 5.41) is 18.5. The number of furan rings is 1. The number of aromatic nitrogens is 2. The topological polar surface area (TPSA) is 137 Å². The highest BCUT2D eigenvalue weighted by molar-refractivity contribution is 7.89. The van der Waals surface area contributed by atoms with E-state index in [4.69, 9.17) is 20.8 Å². The van der Waals surface area contributed by atoms with Crippen molar-refractivity contribution >= 4 is 27.3 Å². The normalized spacial score (nSPS) is 11.3. The molecule has 0 unspecified atom stereocenters. The number of sulfonamides is 1. The summed E-state index contributed by atoms with van der Waals surface area (Å²) in [6.07, 6.45) is 1.52. The third-order valence-electron chi connectivity index (χ3n) is 3.47. The highest BCUT2D eigenvalue weighted by atomic mass is 35.5. The Morgan fingerprint density at radius 3 is 2.68 bits per heavy atom. The van der Waals surface area contributed by atoms with Gasteiger partial charge in [0, 0.05) is 24.7 Å². The number of benzene rings is 1. The Morgan fingerprint density at radius 2 is 2.04 bits per heavy atom. The summed E-state index contributed by atoms with van der Waals surface area (Å²) in [4.78, 5) is 9.73. The average molecular weight is 425 g/mol. The fourth-order valence-electron chi connectivity index (χ4n) is 2.17. The Labute approximate surface area is 164 Å². The molecule has 2 heterocycles. The second-order valence-corrected chi connectivity index (χ2v) is 7.49. The number of hydrogen-bond donors (Lipinski definition) is 1. The molecule has 10 nitrogen and oxygen atoms in total. The molecule has 0 aliphatic rings. The van der Waals surface area contributed by atoms with Gasteiger partial charge in [0.15, 0.2) is 5.76 Å².